The maximum atomic E-state index is 11.3. The van der Waals surface area contributed by atoms with Crippen LogP contribution in [0.25, 0.3) is 0 Å². The Morgan fingerprint density at radius 3 is 1.14 bits per heavy atom. The van der Waals surface area contributed by atoms with Crippen molar-refractivity contribution in [2.24, 2.45) is 5.90 Å². The third kappa shape index (κ3) is 70.7. The van der Waals surface area contributed by atoms with Crippen LogP contribution in [0.3, 0.4) is 0 Å². The van der Waals surface area contributed by atoms with E-state index in [0.717, 1.165) is 64.4 Å². The number of halogens is 5. The molecule has 0 atom stereocenters. The Bertz CT molecular complexity index is 2580. The molecule has 0 amide bonds. The monoisotopic (exact) mass is 1280 g/mol. The Morgan fingerprint density at radius 1 is 0.590 bits per heavy atom. The maximum Gasteiger partial charge on any atom is 1.00 e. The van der Waals surface area contributed by atoms with Crippen LogP contribution in [0.4, 0.5) is 0 Å². The Labute approximate surface area is 552 Å². The quantitative estimate of drug-likeness (QED) is 0.0765. The normalized spacial score (nSPS) is 8.83. The maximum absolute atomic E-state index is 11.3. The number of nitrogens with zero attached hydrogens (tertiary/aromatic N) is 2. The third-order valence-corrected chi connectivity index (χ3v) is 9.00. The van der Waals surface area contributed by atoms with E-state index in [0.29, 0.717) is 22.9 Å². The second-order valence-electron chi connectivity index (χ2n) is 14.4. The molecule has 1 aliphatic heterocycles. The van der Waals surface area contributed by atoms with Crippen LogP contribution < -0.4 is 65.0 Å². The number of hydrogen-bond acceptors (Lipinski definition) is 22. The number of aryl methyl sites for hydroxylation is 1. The first kappa shape index (κ1) is 96.7. The van der Waals surface area contributed by atoms with Crippen LogP contribution in [0.5, 0.6) is 0 Å². The smallest absolute Gasteiger partial charge is 1.00 e. The van der Waals surface area contributed by atoms with E-state index in [-0.39, 0.29) is 139 Å². The molecule has 0 spiro atoms. The zero-order valence-corrected chi connectivity index (χ0v) is 54.6. The fourth-order valence-electron chi connectivity index (χ4n) is 5.01. The van der Waals surface area contributed by atoms with Gasteiger partial charge in [-0.2, -0.15) is 38.4 Å². The number of hydrogen-bond donors (Lipinski definition) is 3. The summed E-state index contributed by atoms with van der Waals surface area (Å²) in [6.07, 6.45) is 7.54. The molecule has 1 aliphatic rings. The van der Waals surface area contributed by atoms with Gasteiger partial charge in [0, 0.05) is 84.7 Å². The molecule has 0 bridgehead atoms. The van der Waals surface area contributed by atoms with E-state index >= 15 is 0 Å². The molecule has 2 aromatic heterocycles. The van der Waals surface area contributed by atoms with Gasteiger partial charge in [-0.15, -0.1) is 12.4 Å². The number of benzene rings is 4. The van der Waals surface area contributed by atoms with Crippen LogP contribution in [0, 0.1) is 6.92 Å². The number of aliphatic hydroxyl groups is 1. The Hall–Kier alpha value is -5.45. The van der Waals surface area contributed by atoms with E-state index in [2.05, 4.69) is 20.9 Å². The van der Waals surface area contributed by atoms with E-state index in [4.69, 9.17) is 109 Å². The number of rotatable bonds is 10. The molecule has 5 N–H and O–H groups in total. The summed E-state index contributed by atoms with van der Waals surface area (Å²) in [6.45, 7) is 10.2. The number of ether oxygens (including phenoxy) is 2. The van der Waals surface area contributed by atoms with Crippen LogP contribution in [-0.2, 0) is 92.7 Å². The van der Waals surface area contributed by atoms with Gasteiger partial charge in [-0.3, -0.25) is 19.2 Å². The summed E-state index contributed by atoms with van der Waals surface area (Å²) in [6, 6.07) is 33.6. The van der Waals surface area contributed by atoms with Gasteiger partial charge in [-0.25, -0.2) is 5.90 Å². The van der Waals surface area contributed by atoms with Gasteiger partial charge in [-0.05, 0) is 111 Å². The van der Waals surface area contributed by atoms with Crippen LogP contribution >= 0.6 is 58.8 Å². The molecule has 0 radical (unpaired) electrons. The van der Waals surface area contributed by atoms with Crippen molar-refractivity contribution in [2.75, 3.05) is 26.9 Å². The van der Waals surface area contributed by atoms with Crippen molar-refractivity contribution in [1.82, 2.24) is 10.3 Å². The van der Waals surface area contributed by atoms with Crippen LogP contribution in [0.1, 0.15) is 87.9 Å². The number of aromatic nitrogens is 2. The molecule has 29 heteroatoms. The standard InChI is InChI=1S/C11H10ClNO.C11H11ClO2.C10H8ClNO.C9H9ClO.C4H8O.C3H6O2.C2H6O.4CO2.ClH.H3NO.2Na.H2O.H/c1-8-6-11(14-13-8)7-9-2-4-10(12)5-3-9;1-8(13)6-11(14)7-9-2-4-10(12)5-3-9;11-9-3-1-8(2-4-9)7-10-5-6-12-13-10;1-7(11)6-8-2-4-9(10)5-3-8;1-2-4-5-3-1;1-3(4)5-2;1-2-3;4*2-1-3;;1-2;;;;/h2-6H,7H2,1H3;2-5H,6-7H2,1H3;1-6H,7H2;2-5H,6H2,1H3;1-4H2;1-2H3;3H,2H2,1H3;;;;;1H;2H,1H2;;;1H2;/q;;;;;;;;;;;;;2*+1;;-1/p-1. The molecule has 0 aliphatic carbocycles. The van der Waals surface area contributed by atoms with Gasteiger partial charge in [0.05, 0.1) is 25.4 Å². The van der Waals surface area contributed by atoms with Crippen molar-refractivity contribution >= 4 is 107 Å². The average molecular weight is 1280 g/mol. The molecule has 0 saturated carbocycles. The van der Waals surface area contributed by atoms with Gasteiger partial charge >= 0.3 is 89.7 Å². The minimum atomic E-state index is -0.245. The summed E-state index contributed by atoms with van der Waals surface area (Å²) >= 11 is 22.9. The number of carbonyl (C=O) groups excluding carboxylic acids is 12. The first-order valence-electron chi connectivity index (χ1n) is 22.5. The SMILES string of the molecule is C1CCOC1.CC(=O)CC(=O)Cc1ccc(Cl)cc1.CC(=O)Cc1ccc(Cl)cc1.CCO.COC(C)=O.Cc1cc(Cc2ccc(Cl)cc2)on1.Cl.Clc1ccc(Cc2ccno2)cc1.NO.O=C=O.O=C=O.O=C=O.O=C=O.[H-].[Na+].[Na+].[OH-]. The van der Waals surface area contributed by atoms with E-state index in [9.17, 15) is 19.2 Å². The van der Waals surface area contributed by atoms with Crippen molar-refractivity contribution in [3.63, 3.8) is 0 Å². The minimum Gasteiger partial charge on any atom is -1.00 e. The molecule has 1 fully saturated rings. The predicted molar refractivity (Wildman–Crippen MR) is 294 cm³/mol. The molecule has 1 saturated heterocycles. The molecule has 446 valence electrons. The van der Waals surface area contributed by atoms with Gasteiger partial charge in [-0.1, -0.05) is 105 Å². The number of ketones is 3. The predicted octanol–water partition coefficient (Wildman–Crippen LogP) is 3.39. The number of methoxy groups -OCH3 is 1. The number of aliphatic hydroxyl groups excluding tert-OH is 1. The van der Waals surface area contributed by atoms with E-state index in [1.165, 1.54) is 44.9 Å². The fraction of sp³-hybridized carbons (Fsp3) is 0.296. The van der Waals surface area contributed by atoms with Gasteiger partial charge in [0.25, 0.3) is 0 Å². The summed E-state index contributed by atoms with van der Waals surface area (Å²) in [4.78, 5) is 107. The molecule has 4 aromatic carbocycles. The first-order valence-corrected chi connectivity index (χ1v) is 24.0. The Balaban J connectivity index is -0.0000000936. The molecule has 7 rings (SSSR count). The van der Waals surface area contributed by atoms with Crippen molar-refractivity contribution in [2.45, 2.75) is 79.6 Å². The molecule has 3 heterocycles. The van der Waals surface area contributed by atoms with E-state index in [1.807, 2.05) is 79.7 Å². The molecular weight excluding hydrogens is 1220 g/mol. The number of nitrogens with two attached hydrogens (primary N) is 1. The van der Waals surface area contributed by atoms with Crippen molar-refractivity contribution in [3.8, 4) is 0 Å². The van der Waals surface area contributed by atoms with Gasteiger partial charge in [0.1, 0.15) is 28.9 Å². The second kappa shape index (κ2) is 70.8. The first-order chi connectivity index (χ1) is 37.7. The topological polar surface area (TPSA) is 372 Å². The zero-order valence-electron chi connectivity index (χ0n) is 47.8. The number of Topliss-reactive ketones (excluding diaryl/α,β-unsaturated/α-hetero) is 3. The van der Waals surface area contributed by atoms with Crippen LogP contribution in [-0.4, -0.2) is 101 Å². The summed E-state index contributed by atoms with van der Waals surface area (Å²) in [5, 5.41) is 24.4. The minimum absolute atomic E-state index is 0. The summed E-state index contributed by atoms with van der Waals surface area (Å²) < 4.78 is 19.2. The van der Waals surface area contributed by atoms with E-state index in [1.54, 1.807) is 56.4 Å². The average Bonchev–Trinajstić information content (AvgIpc) is 4.24. The molecular formula is C54H64Cl5N3Na2O19. The Kier molecular flexibility index (Phi) is 82.5. The van der Waals surface area contributed by atoms with Gasteiger partial charge in [0.2, 0.25) is 0 Å². The third-order valence-electron chi connectivity index (χ3n) is 7.99. The summed E-state index contributed by atoms with van der Waals surface area (Å²) in [7, 11) is 1.35. The summed E-state index contributed by atoms with van der Waals surface area (Å²) in [5.41, 5.74) is 5.16. The second-order valence-corrected chi connectivity index (χ2v) is 16.2. The Morgan fingerprint density at radius 2 is 0.904 bits per heavy atom. The molecule has 0 unspecified atom stereocenters. The van der Waals surface area contributed by atoms with Crippen molar-refractivity contribution < 1.29 is 152 Å². The van der Waals surface area contributed by atoms with Crippen molar-refractivity contribution in [1.29, 1.82) is 0 Å². The largest absolute Gasteiger partial charge is 1.00 e. The fourth-order valence-corrected chi connectivity index (χ4v) is 5.51. The van der Waals surface area contributed by atoms with Crippen LogP contribution in [0.2, 0.25) is 20.1 Å². The number of esters is 1. The van der Waals surface area contributed by atoms with Gasteiger partial charge in [0.15, 0.2) is 0 Å². The summed E-state index contributed by atoms with van der Waals surface area (Å²) in [5.74, 6) is 5.02. The van der Waals surface area contributed by atoms with Gasteiger partial charge < -0.3 is 35.7 Å². The molecule has 6 aromatic rings. The van der Waals surface area contributed by atoms with Crippen molar-refractivity contribution in [3.05, 3.63) is 175 Å². The zero-order chi connectivity index (χ0) is 61.2. The number of carbonyl (C=O) groups is 4. The van der Waals surface area contributed by atoms with E-state index < -0.39 is 0 Å². The molecule has 83 heavy (non-hydrogen) atoms. The van der Waals surface area contributed by atoms with Crippen LogP contribution in [0.15, 0.2) is 124 Å². The molecule has 22 nitrogen and oxygen atoms in total.